The van der Waals surface area contributed by atoms with Crippen LogP contribution in [-0.2, 0) is 14.3 Å². The van der Waals surface area contributed by atoms with Crippen LogP contribution in [0.5, 0.6) is 0 Å². The number of halogens is 1. The number of benzene rings is 2. The van der Waals surface area contributed by atoms with Crippen LogP contribution < -0.4 is 10.6 Å². The van der Waals surface area contributed by atoms with Crippen molar-refractivity contribution in [2.45, 2.75) is 4.90 Å². The van der Waals surface area contributed by atoms with Crippen LogP contribution in [0.1, 0.15) is 0 Å². The largest absolute Gasteiger partial charge is 0.375 e. The maximum atomic E-state index is 13.5. The van der Waals surface area contributed by atoms with E-state index in [2.05, 4.69) is 10.6 Å². The highest BCUT2D eigenvalue weighted by Crippen LogP contribution is 2.21. The second-order valence-corrected chi connectivity index (χ2v) is 5.84. The zero-order valence-corrected chi connectivity index (χ0v) is 13.9. The summed E-state index contributed by atoms with van der Waals surface area (Å²) in [4.78, 5) is 23.7. The van der Waals surface area contributed by atoms with Gasteiger partial charge in [-0.05, 0) is 36.4 Å². The minimum atomic E-state index is -0.341. The fourth-order valence-corrected chi connectivity index (χ4v) is 2.61. The number of hydrogen-bond acceptors (Lipinski definition) is 4. The highest BCUT2D eigenvalue weighted by Gasteiger charge is 2.07. The van der Waals surface area contributed by atoms with Gasteiger partial charge in [-0.15, -0.1) is 11.8 Å². The van der Waals surface area contributed by atoms with Crippen molar-refractivity contribution in [3.63, 3.8) is 0 Å². The highest BCUT2D eigenvalue weighted by molar-refractivity contribution is 8.00. The van der Waals surface area contributed by atoms with Crippen LogP contribution in [0.2, 0.25) is 0 Å². The molecule has 0 aliphatic heterocycles. The molecule has 0 heterocycles. The molecule has 0 aliphatic carbocycles. The quantitative estimate of drug-likeness (QED) is 0.755. The van der Waals surface area contributed by atoms with Crippen LogP contribution in [0, 0.1) is 5.82 Å². The molecule has 0 saturated carbocycles. The third-order valence-electron chi connectivity index (χ3n) is 2.92. The number of amides is 2. The average Bonchev–Trinajstić information content (AvgIpc) is 2.56. The van der Waals surface area contributed by atoms with Crippen LogP contribution in [0.3, 0.4) is 0 Å². The number of hydrogen-bond donors (Lipinski definition) is 2. The van der Waals surface area contributed by atoms with Gasteiger partial charge in [-0.25, -0.2) is 4.39 Å². The number of methoxy groups -OCH3 is 1. The topological polar surface area (TPSA) is 67.4 Å². The Hall–Kier alpha value is -2.38. The van der Waals surface area contributed by atoms with Gasteiger partial charge in [0, 0.05) is 23.4 Å². The van der Waals surface area contributed by atoms with E-state index in [1.165, 1.54) is 13.2 Å². The molecule has 0 aromatic heterocycles. The normalized spacial score (nSPS) is 10.2. The summed E-state index contributed by atoms with van der Waals surface area (Å²) < 4.78 is 18.2. The molecule has 0 bridgehead atoms. The number of anilines is 2. The van der Waals surface area contributed by atoms with E-state index >= 15 is 0 Å². The van der Waals surface area contributed by atoms with Crippen molar-refractivity contribution in [2.75, 3.05) is 30.1 Å². The van der Waals surface area contributed by atoms with Gasteiger partial charge in [-0.2, -0.15) is 0 Å². The lowest BCUT2D eigenvalue weighted by Gasteiger charge is -2.08. The number of nitrogens with one attached hydrogen (secondary N) is 2. The molecule has 2 amide bonds. The van der Waals surface area contributed by atoms with Crippen molar-refractivity contribution in [3.8, 4) is 0 Å². The molecule has 0 spiro atoms. The number of carbonyl (C=O) groups is 2. The van der Waals surface area contributed by atoms with E-state index < -0.39 is 0 Å². The lowest BCUT2D eigenvalue weighted by atomic mass is 10.2. The van der Waals surface area contributed by atoms with Crippen LogP contribution >= 0.6 is 11.8 Å². The highest BCUT2D eigenvalue weighted by atomic mass is 32.2. The molecule has 0 atom stereocenters. The Labute approximate surface area is 143 Å². The third kappa shape index (κ3) is 5.68. The van der Waals surface area contributed by atoms with Gasteiger partial charge in [-0.3, -0.25) is 9.59 Å². The van der Waals surface area contributed by atoms with Crippen LogP contribution in [0.15, 0.2) is 53.4 Å². The van der Waals surface area contributed by atoms with Crippen molar-refractivity contribution < 1.29 is 18.7 Å². The molecule has 2 aromatic rings. The van der Waals surface area contributed by atoms with E-state index in [9.17, 15) is 14.0 Å². The van der Waals surface area contributed by atoms with Gasteiger partial charge in [-0.1, -0.05) is 12.1 Å². The molecule has 126 valence electrons. The molecule has 0 aliphatic rings. The minimum Gasteiger partial charge on any atom is -0.375 e. The summed E-state index contributed by atoms with van der Waals surface area (Å²) in [5.74, 6) is -0.728. The molecular weight excluding hydrogens is 331 g/mol. The van der Waals surface area contributed by atoms with Crippen molar-refractivity contribution in [3.05, 3.63) is 54.3 Å². The molecule has 7 heteroatoms. The van der Waals surface area contributed by atoms with Gasteiger partial charge < -0.3 is 15.4 Å². The molecule has 24 heavy (non-hydrogen) atoms. The van der Waals surface area contributed by atoms with E-state index in [4.69, 9.17) is 4.74 Å². The smallest absolute Gasteiger partial charge is 0.250 e. The summed E-state index contributed by atoms with van der Waals surface area (Å²) in [6, 6.07) is 13.0. The first kappa shape index (κ1) is 18.0. The Balaban J connectivity index is 1.83. The molecular formula is C17H17FN2O3S. The first-order chi connectivity index (χ1) is 11.6. The average molecular weight is 348 g/mol. The van der Waals surface area contributed by atoms with Crippen LogP contribution in [-0.4, -0.2) is 31.3 Å². The molecule has 0 radical (unpaired) electrons. The predicted molar refractivity (Wildman–Crippen MR) is 92.7 cm³/mol. The zero-order chi connectivity index (χ0) is 17.4. The van der Waals surface area contributed by atoms with Gasteiger partial charge in [0.15, 0.2) is 0 Å². The predicted octanol–water partition coefficient (Wildman–Crippen LogP) is 3.14. The van der Waals surface area contributed by atoms with Gasteiger partial charge in [0.05, 0.1) is 5.75 Å². The summed E-state index contributed by atoms with van der Waals surface area (Å²) in [6.45, 7) is -0.0221. The fraction of sp³-hybridized carbons (Fsp3) is 0.176. The molecule has 2 rings (SSSR count). The van der Waals surface area contributed by atoms with E-state index in [1.807, 2.05) is 0 Å². The molecule has 0 unspecified atom stereocenters. The summed E-state index contributed by atoms with van der Waals surface area (Å²) in [6.07, 6.45) is 0. The van der Waals surface area contributed by atoms with Gasteiger partial charge in [0.2, 0.25) is 11.8 Å². The van der Waals surface area contributed by atoms with Crippen molar-refractivity contribution >= 4 is 35.0 Å². The summed E-state index contributed by atoms with van der Waals surface area (Å²) >= 11 is 1.13. The summed E-state index contributed by atoms with van der Waals surface area (Å²) in [7, 11) is 1.44. The molecule has 2 N–H and O–H groups in total. The van der Waals surface area contributed by atoms with E-state index in [-0.39, 0.29) is 30.0 Å². The maximum Gasteiger partial charge on any atom is 0.250 e. The van der Waals surface area contributed by atoms with E-state index in [1.54, 1.807) is 42.5 Å². The first-order valence-corrected chi connectivity index (χ1v) is 8.13. The molecule has 0 fully saturated rings. The Bertz CT molecular complexity index is 707. The SMILES string of the molecule is COCC(=O)Nc1ccc(NC(=O)CSc2ccccc2F)cc1. The monoisotopic (exact) mass is 348 g/mol. The molecule has 0 saturated heterocycles. The third-order valence-corrected chi connectivity index (χ3v) is 3.97. The van der Waals surface area contributed by atoms with E-state index in [0.29, 0.717) is 16.3 Å². The van der Waals surface area contributed by atoms with Gasteiger partial charge >= 0.3 is 0 Å². The maximum absolute atomic E-state index is 13.5. The zero-order valence-electron chi connectivity index (χ0n) is 13.0. The van der Waals surface area contributed by atoms with Gasteiger partial charge in [0.1, 0.15) is 12.4 Å². The summed E-state index contributed by atoms with van der Waals surface area (Å²) in [5.41, 5.74) is 1.20. The number of ether oxygens (including phenoxy) is 1. The first-order valence-electron chi connectivity index (χ1n) is 7.14. The molecule has 5 nitrogen and oxygen atoms in total. The Kier molecular flexibility index (Phi) is 6.77. The van der Waals surface area contributed by atoms with Gasteiger partial charge in [0.25, 0.3) is 0 Å². The second kappa shape index (κ2) is 9.05. The van der Waals surface area contributed by atoms with Crippen LogP contribution in [0.4, 0.5) is 15.8 Å². The van der Waals surface area contributed by atoms with Crippen molar-refractivity contribution in [1.82, 2.24) is 0 Å². The van der Waals surface area contributed by atoms with E-state index in [0.717, 1.165) is 11.8 Å². The Morgan fingerprint density at radius 1 is 1.00 bits per heavy atom. The second-order valence-electron chi connectivity index (χ2n) is 4.83. The Morgan fingerprint density at radius 2 is 1.58 bits per heavy atom. The lowest BCUT2D eigenvalue weighted by molar-refractivity contribution is -0.119. The number of rotatable bonds is 7. The standard InChI is InChI=1S/C17H17FN2O3S/c1-23-10-16(21)19-12-6-8-13(9-7-12)20-17(22)11-24-15-5-3-2-4-14(15)18/h2-9H,10-11H2,1H3,(H,19,21)(H,20,22). The minimum absolute atomic E-state index is 0.0221. The van der Waals surface area contributed by atoms with Crippen molar-refractivity contribution in [1.29, 1.82) is 0 Å². The van der Waals surface area contributed by atoms with Crippen LogP contribution in [0.25, 0.3) is 0 Å². The number of carbonyl (C=O) groups excluding carboxylic acids is 2. The fourth-order valence-electron chi connectivity index (χ4n) is 1.87. The van der Waals surface area contributed by atoms with Crippen molar-refractivity contribution in [2.24, 2.45) is 0 Å². The Morgan fingerprint density at radius 3 is 2.17 bits per heavy atom. The summed E-state index contributed by atoms with van der Waals surface area (Å²) in [5, 5.41) is 5.37. The number of thioether (sulfide) groups is 1. The lowest BCUT2D eigenvalue weighted by Crippen LogP contribution is -2.17. The molecule has 2 aromatic carbocycles.